The summed E-state index contributed by atoms with van der Waals surface area (Å²) >= 11 is 0. The van der Waals surface area contributed by atoms with Crippen molar-refractivity contribution in [2.24, 2.45) is 11.3 Å². The zero-order valence-electron chi connectivity index (χ0n) is 16.7. The second-order valence-corrected chi connectivity index (χ2v) is 8.75. The molecule has 0 unspecified atom stereocenters. The predicted octanol–water partition coefficient (Wildman–Crippen LogP) is 2.84. The summed E-state index contributed by atoms with van der Waals surface area (Å²) in [4.78, 5) is 40.2. The van der Waals surface area contributed by atoms with Gasteiger partial charge >= 0.3 is 0 Å². The first-order chi connectivity index (χ1) is 14.9. The quantitative estimate of drug-likeness (QED) is 0.611. The maximum atomic E-state index is 13.9. The Morgan fingerprint density at radius 3 is 2.03 bits per heavy atom. The Balaban J connectivity index is 1.59. The molecule has 2 atom stereocenters. The number of carbonyl (C=O) groups excluding carboxylic acids is 3. The lowest BCUT2D eigenvalue weighted by molar-refractivity contribution is -0.255. The molecule has 3 aromatic carbocycles. The fraction of sp³-hybridized carbons (Fsp3) is 0.192. The average molecular weight is 408 g/mol. The molecular weight excluding hydrogens is 390 g/mol. The van der Waals surface area contributed by atoms with Crippen LogP contribution in [0, 0.1) is 11.3 Å². The van der Waals surface area contributed by atoms with Gasteiger partial charge in [-0.25, -0.2) is 4.90 Å². The number of hydrogen-bond donors (Lipinski definition) is 0. The van der Waals surface area contributed by atoms with Gasteiger partial charge in [0.15, 0.2) is 0 Å². The van der Waals surface area contributed by atoms with Crippen molar-refractivity contribution < 1.29 is 19.5 Å². The summed E-state index contributed by atoms with van der Waals surface area (Å²) < 4.78 is 0. The van der Waals surface area contributed by atoms with Crippen molar-refractivity contribution in [1.82, 2.24) is 0 Å². The highest BCUT2D eigenvalue weighted by Crippen LogP contribution is 2.67. The summed E-state index contributed by atoms with van der Waals surface area (Å²) in [6.07, 6.45) is 0. The van der Waals surface area contributed by atoms with Crippen molar-refractivity contribution in [3.8, 4) is 0 Å². The summed E-state index contributed by atoms with van der Waals surface area (Å²) in [5.74, 6) is -2.89. The molecule has 0 aromatic heterocycles. The molecule has 0 radical (unpaired) electrons. The van der Waals surface area contributed by atoms with E-state index in [0.29, 0.717) is 0 Å². The van der Waals surface area contributed by atoms with Gasteiger partial charge in [-0.05, 0) is 46.9 Å². The van der Waals surface area contributed by atoms with Gasteiger partial charge in [0.1, 0.15) is 0 Å². The number of benzene rings is 3. The number of nitrogens with zero attached hydrogens (tertiary/aromatic N) is 1. The van der Waals surface area contributed by atoms with E-state index in [2.05, 4.69) is 24.3 Å². The van der Waals surface area contributed by atoms with Crippen LogP contribution < -0.4 is 10.0 Å². The average Bonchev–Trinajstić information content (AvgIpc) is 2.99. The number of carboxylic acid groups (broad SMARTS) is 1. The molecule has 1 saturated heterocycles. The van der Waals surface area contributed by atoms with E-state index in [9.17, 15) is 19.5 Å². The van der Waals surface area contributed by atoms with Crippen LogP contribution in [0.15, 0.2) is 72.8 Å². The Labute approximate surface area is 178 Å². The molecule has 5 nitrogen and oxygen atoms in total. The van der Waals surface area contributed by atoms with Gasteiger partial charge in [-0.1, -0.05) is 60.7 Å². The molecule has 0 N–H and O–H groups in total. The molecule has 7 rings (SSSR count). The van der Waals surface area contributed by atoms with Crippen LogP contribution in [0.3, 0.4) is 0 Å². The molecule has 1 heterocycles. The highest BCUT2D eigenvalue weighted by Gasteiger charge is 2.68. The molecule has 0 saturated carbocycles. The van der Waals surface area contributed by atoms with E-state index in [1.165, 1.54) is 23.1 Å². The minimum absolute atomic E-state index is 0.0623. The third-order valence-electron chi connectivity index (χ3n) is 7.35. The summed E-state index contributed by atoms with van der Waals surface area (Å²) in [6.45, 7) is 1.89. The molecule has 3 aliphatic carbocycles. The van der Waals surface area contributed by atoms with Crippen LogP contribution in [-0.4, -0.2) is 17.8 Å². The van der Waals surface area contributed by atoms with Crippen LogP contribution in [0.5, 0.6) is 0 Å². The fourth-order valence-corrected chi connectivity index (χ4v) is 6.13. The summed E-state index contributed by atoms with van der Waals surface area (Å²) in [5.41, 5.74) is 3.66. The number of hydrogen-bond acceptors (Lipinski definition) is 4. The molecule has 1 aliphatic heterocycles. The third kappa shape index (κ3) is 2.08. The van der Waals surface area contributed by atoms with E-state index in [1.807, 2.05) is 31.2 Å². The number of imide groups is 1. The van der Waals surface area contributed by atoms with Crippen molar-refractivity contribution >= 4 is 23.5 Å². The molecule has 1 fully saturated rings. The molecule has 4 aliphatic rings. The standard InChI is InChI=1S/C26H19NO4/c1-26-21-18-11-4-2-9-16(18)20(17-10-3-5-12-19(17)21)22(26)23(28)27(25(26)31)15-8-6-7-14(13-15)24(29)30/h2-13,20-22H,1H3,(H,29,30)/p-1/t20?,21?,22-,26-/m1/s1. The van der Waals surface area contributed by atoms with Crippen molar-refractivity contribution in [2.45, 2.75) is 18.8 Å². The fourth-order valence-electron chi connectivity index (χ4n) is 6.13. The highest BCUT2D eigenvalue weighted by atomic mass is 16.4. The summed E-state index contributed by atoms with van der Waals surface area (Å²) in [6, 6.07) is 22.0. The van der Waals surface area contributed by atoms with Crippen LogP contribution in [0.2, 0.25) is 0 Å². The molecule has 2 bridgehead atoms. The smallest absolute Gasteiger partial charge is 0.241 e. The van der Waals surface area contributed by atoms with Gasteiger partial charge < -0.3 is 9.90 Å². The first-order valence-electron chi connectivity index (χ1n) is 10.3. The van der Waals surface area contributed by atoms with E-state index in [1.54, 1.807) is 6.07 Å². The third-order valence-corrected chi connectivity index (χ3v) is 7.35. The second-order valence-electron chi connectivity index (χ2n) is 8.75. The number of aromatic carboxylic acids is 1. The van der Waals surface area contributed by atoms with E-state index < -0.39 is 17.3 Å². The van der Waals surface area contributed by atoms with E-state index in [4.69, 9.17) is 0 Å². The summed E-state index contributed by atoms with van der Waals surface area (Å²) in [7, 11) is 0. The minimum Gasteiger partial charge on any atom is -0.545 e. The van der Waals surface area contributed by atoms with E-state index in [0.717, 1.165) is 22.3 Å². The zero-order valence-corrected chi connectivity index (χ0v) is 16.7. The van der Waals surface area contributed by atoms with Crippen molar-refractivity contribution in [1.29, 1.82) is 0 Å². The molecule has 0 spiro atoms. The Morgan fingerprint density at radius 2 is 1.45 bits per heavy atom. The maximum Gasteiger partial charge on any atom is 0.241 e. The van der Waals surface area contributed by atoms with Gasteiger partial charge in [-0.15, -0.1) is 0 Å². The van der Waals surface area contributed by atoms with Crippen LogP contribution in [0.4, 0.5) is 5.69 Å². The Morgan fingerprint density at radius 1 is 0.871 bits per heavy atom. The molecule has 3 aromatic rings. The topological polar surface area (TPSA) is 77.5 Å². The number of anilines is 1. The van der Waals surface area contributed by atoms with Crippen LogP contribution in [0.1, 0.15) is 51.4 Å². The monoisotopic (exact) mass is 408 g/mol. The number of rotatable bonds is 2. The maximum absolute atomic E-state index is 13.9. The SMILES string of the molecule is C[C@]12C(=O)N(c3cccc(C(=O)[O-])c3)C(=O)[C@H]1C1c3ccccc3C2c2ccccc21. The van der Waals surface area contributed by atoms with Crippen molar-refractivity contribution in [3.63, 3.8) is 0 Å². The Bertz CT molecular complexity index is 1260. The van der Waals surface area contributed by atoms with Gasteiger partial charge in [0.25, 0.3) is 0 Å². The molecular formula is C26H18NO4-. The Kier molecular flexibility index (Phi) is 3.45. The number of carboxylic acids is 1. The number of carbonyl (C=O) groups is 3. The van der Waals surface area contributed by atoms with Crippen molar-refractivity contribution in [2.75, 3.05) is 4.90 Å². The van der Waals surface area contributed by atoms with Crippen molar-refractivity contribution in [3.05, 3.63) is 101 Å². The molecule has 152 valence electrons. The predicted molar refractivity (Wildman–Crippen MR) is 111 cm³/mol. The molecule has 2 amide bonds. The molecule has 5 heteroatoms. The lowest BCUT2D eigenvalue weighted by Gasteiger charge is -2.51. The van der Waals surface area contributed by atoms with Gasteiger partial charge in [-0.2, -0.15) is 0 Å². The largest absolute Gasteiger partial charge is 0.545 e. The van der Waals surface area contributed by atoms with E-state index in [-0.39, 0.29) is 34.9 Å². The minimum atomic E-state index is -1.34. The van der Waals surface area contributed by atoms with Gasteiger partial charge in [0.05, 0.1) is 23.0 Å². The van der Waals surface area contributed by atoms with Crippen LogP contribution in [0.25, 0.3) is 0 Å². The lowest BCUT2D eigenvalue weighted by Crippen LogP contribution is -2.49. The van der Waals surface area contributed by atoms with Crippen LogP contribution >= 0.6 is 0 Å². The lowest BCUT2D eigenvalue weighted by atomic mass is 9.48. The van der Waals surface area contributed by atoms with Gasteiger partial charge in [-0.3, -0.25) is 9.59 Å². The Hall–Kier alpha value is -3.73. The second kappa shape index (κ2) is 5.91. The van der Waals surface area contributed by atoms with Gasteiger partial charge in [0.2, 0.25) is 11.8 Å². The van der Waals surface area contributed by atoms with Gasteiger partial charge in [0, 0.05) is 11.8 Å². The normalized spacial score (nSPS) is 27.6. The first-order valence-corrected chi connectivity index (χ1v) is 10.3. The zero-order chi connectivity index (χ0) is 21.5. The number of amides is 2. The van der Waals surface area contributed by atoms with Crippen LogP contribution in [-0.2, 0) is 9.59 Å². The molecule has 31 heavy (non-hydrogen) atoms. The van der Waals surface area contributed by atoms with E-state index >= 15 is 0 Å². The first kappa shape index (κ1) is 18.1. The highest BCUT2D eigenvalue weighted by molar-refractivity contribution is 6.25. The summed E-state index contributed by atoms with van der Waals surface area (Å²) in [5, 5.41) is 11.4.